The smallest absolute Gasteiger partial charge is 0.309 e. The van der Waals surface area contributed by atoms with Crippen LogP contribution in [0.2, 0.25) is 0 Å². The number of esters is 1. The fraction of sp³-hybridized carbons (Fsp3) is 0.462. The molecule has 2 spiro atoms. The molecule has 0 unspecified atom stereocenters. The Hall–Kier alpha value is -2.51. The first-order valence-corrected chi connectivity index (χ1v) is 13.1. The monoisotopic (exact) mass is 466 g/mol. The molecule has 33 heavy (non-hydrogen) atoms. The van der Waals surface area contributed by atoms with Crippen molar-refractivity contribution in [1.29, 1.82) is 0 Å². The minimum absolute atomic E-state index is 0.235. The van der Waals surface area contributed by atoms with E-state index in [1.54, 1.807) is 23.4 Å². The third-order valence-corrected chi connectivity index (χ3v) is 9.55. The average molecular weight is 467 g/mol. The molecule has 2 aromatic rings. The molecule has 1 saturated heterocycles. The van der Waals surface area contributed by atoms with E-state index in [9.17, 15) is 13.2 Å². The lowest BCUT2D eigenvalue weighted by atomic mass is 9.65. The minimum Gasteiger partial charge on any atom is -0.466 e. The number of ether oxygens (including phenoxy) is 1. The van der Waals surface area contributed by atoms with Gasteiger partial charge in [0, 0.05) is 30.1 Å². The summed E-state index contributed by atoms with van der Waals surface area (Å²) in [6.45, 7) is 6.82. The van der Waals surface area contributed by atoms with E-state index >= 15 is 0 Å². The first-order chi connectivity index (χ1) is 15.7. The number of fused-ring (bicyclic) bond motifs is 3. The van der Waals surface area contributed by atoms with Crippen molar-refractivity contribution in [3.05, 3.63) is 59.2 Å². The van der Waals surface area contributed by atoms with Gasteiger partial charge in [-0.3, -0.25) is 9.79 Å². The fourth-order valence-electron chi connectivity index (χ4n) is 5.87. The molecular weight excluding hydrogens is 436 g/mol. The zero-order chi connectivity index (χ0) is 23.4. The summed E-state index contributed by atoms with van der Waals surface area (Å²) < 4.78 is 34.3. The van der Waals surface area contributed by atoms with Gasteiger partial charge in [0.25, 0.3) is 0 Å². The van der Waals surface area contributed by atoms with Gasteiger partial charge in [-0.15, -0.1) is 0 Å². The zero-order valence-electron chi connectivity index (χ0n) is 19.4. The van der Waals surface area contributed by atoms with Crippen molar-refractivity contribution in [2.24, 2.45) is 16.3 Å². The third kappa shape index (κ3) is 3.36. The molecule has 0 N–H and O–H groups in total. The number of carbonyl (C=O) groups excluding carboxylic acids is 1. The van der Waals surface area contributed by atoms with E-state index in [1.165, 1.54) is 0 Å². The largest absolute Gasteiger partial charge is 0.466 e. The normalized spacial score (nSPS) is 28.6. The van der Waals surface area contributed by atoms with Crippen LogP contribution in [-0.4, -0.2) is 44.6 Å². The number of benzene rings is 2. The second kappa shape index (κ2) is 7.77. The van der Waals surface area contributed by atoms with Gasteiger partial charge in [-0.1, -0.05) is 35.4 Å². The first-order valence-electron chi connectivity index (χ1n) is 11.6. The van der Waals surface area contributed by atoms with Crippen molar-refractivity contribution in [2.75, 3.05) is 19.7 Å². The van der Waals surface area contributed by atoms with Crippen molar-refractivity contribution >= 4 is 27.9 Å². The molecule has 1 aliphatic carbocycles. The Labute approximate surface area is 195 Å². The molecule has 7 heteroatoms. The topological polar surface area (TPSA) is 76.0 Å². The molecule has 0 aromatic heterocycles. The summed E-state index contributed by atoms with van der Waals surface area (Å²) >= 11 is 0. The zero-order valence-corrected chi connectivity index (χ0v) is 20.2. The molecule has 0 amide bonds. The molecule has 2 fully saturated rings. The van der Waals surface area contributed by atoms with E-state index in [1.807, 2.05) is 37.4 Å². The van der Waals surface area contributed by atoms with Crippen LogP contribution in [0.15, 0.2) is 52.4 Å². The molecule has 3 atom stereocenters. The van der Waals surface area contributed by atoms with Crippen LogP contribution in [0.25, 0.3) is 0 Å². The standard InChI is InChI=1S/C26H30N2O4S/c1-4-32-24(29)22-15-26(22)17-28(33(30,31)20-9-6-18(2)7-10-20)13-5-12-25(26)16-27-23-11-8-19(3)14-21(23)25/h6-11,14,16,22H,4-5,12-13,15,17H2,1-3H3/t22-,25+,26-/m1/s1. The van der Waals surface area contributed by atoms with Crippen LogP contribution in [0.3, 0.4) is 0 Å². The number of aryl methyl sites for hydroxylation is 2. The van der Waals surface area contributed by atoms with Crippen molar-refractivity contribution in [3.8, 4) is 0 Å². The van der Waals surface area contributed by atoms with Gasteiger partial charge in [0.15, 0.2) is 0 Å². The van der Waals surface area contributed by atoms with Gasteiger partial charge in [-0.2, -0.15) is 4.31 Å². The summed E-state index contributed by atoms with van der Waals surface area (Å²) in [5.41, 5.74) is 3.15. The maximum absolute atomic E-state index is 13.6. The third-order valence-electron chi connectivity index (χ3n) is 7.69. The summed E-state index contributed by atoms with van der Waals surface area (Å²) in [5.74, 6) is -0.579. The fourth-order valence-corrected chi connectivity index (χ4v) is 7.42. The van der Waals surface area contributed by atoms with E-state index in [4.69, 9.17) is 9.73 Å². The van der Waals surface area contributed by atoms with E-state index < -0.39 is 20.9 Å². The number of rotatable bonds is 4. The highest BCUT2D eigenvalue weighted by molar-refractivity contribution is 7.89. The molecule has 3 aliphatic rings. The Bertz CT molecular complexity index is 1240. The minimum atomic E-state index is -3.69. The van der Waals surface area contributed by atoms with E-state index in [-0.39, 0.29) is 18.4 Å². The van der Waals surface area contributed by atoms with E-state index in [0.717, 1.165) is 28.8 Å². The highest BCUT2D eigenvalue weighted by Gasteiger charge is 2.72. The van der Waals surface area contributed by atoms with Crippen LogP contribution in [0.1, 0.15) is 42.9 Å². The quantitative estimate of drug-likeness (QED) is 0.629. The number of aliphatic imine (C=N–C) groups is 1. The van der Waals surface area contributed by atoms with Gasteiger partial charge in [0.2, 0.25) is 10.0 Å². The Morgan fingerprint density at radius 1 is 1.15 bits per heavy atom. The van der Waals surface area contributed by atoms with E-state index in [2.05, 4.69) is 13.0 Å². The van der Waals surface area contributed by atoms with Crippen molar-refractivity contribution in [2.45, 2.75) is 50.3 Å². The Kier molecular flexibility index (Phi) is 5.25. The summed E-state index contributed by atoms with van der Waals surface area (Å²) in [6.07, 6.45) is 4.05. The van der Waals surface area contributed by atoms with Gasteiger partial charge >= 0.3 is 5.97 Å². The van der Waals surface area contributed by atoms with E-state index in [0.29, 0.717) is 30.9 Å². The molecule has 2 aliphatic heterocycles. The van der Waals surface area contributed by atoms with Crippen molar-refractivity contribution < 1.29 is 17.9 Å². The summed E-state index contributed by atoms with van der Waals surface area (Å²) in [7, 11) is -3.69. The Morgan fingerprint density at radius 3 is 2.61 bits per heavy atom. The molecule has 174 valence electrons. The second-order valence-corrected chi connectivity index (χ2v) is 11.6. The Morgan fingerprint density at radius 2 is 1.88 bits per heavy atom. The van der Waals surface area contributed by atoms with Gasteiger partial charge in [-0.05, 0) is 63.8 Å². The summed E-state index contributed by atoms with van der Waals surface area (Å²) in [6, 6.07) is 13.2. The number of nitrogens with zero attached hydrogens (tertiary/aromatic N) is 2. The highest BCUT2D eigenvalue weighted by atomic mass is 32.2. The lowest BCUT2D eigenvalue weighted by Crippen LogP contribution is -2.45. The lowest BCUT2D eigenvalue weighted by molar-refractivity contribution is -0.146. The number of hydrogen-bond donors (Lipinski definition) is 0. The van der Waals surface area contributed by atoms with Gasteiger partial charge < -0.3 is 4.74 Å². The van der Waals surface area contributed by atoms with Crippen molar-refractivity contribution in [1.82, 2.24) is 4.31 Å². The average Bonchev–Trinajstić information content (AvgIpc) is 3.45. The number of sulfonamides is 1. The van der Waals surface area contributed by atoms with Crippen LogP contribution >= 0.6 is 0 Å². The molecule has 1 saturated carbocycles. The molecule has 0 bridgehead atoms. The number of hydrogen-bond acceptors (Lipinski definition) is 5. The molecular formula is C26H30N2O4S. The molecule has 6 nitrogen and oxygen atoms in total. The summed E-state index contributed by atoms with van der Waals surface area (Å²) in [5, 5.41) is 0. The second-order valence-electron chi connectivity index (χ2n) is 9.67. The van der Waals surface area contributed by atoms with Gasteiger partial charge in [-0.25, -0.2) is 8.42 Å². The Balaban J connectivity index is 1.59. The maximum Gasteiger partial charge on any atom is 0.309 e. The molecule has 2 aromatic carbocycles. The lowest BCUT2D eigenvalue weighted by Gasteiger charge is -2.37. The maximum atomic E-state index is 13.6. The molecule has 2 heterocycles. The van der Waals surface area contributed by atoms with Crippen LogP contribution in [0.4, 0.5) is 5.69 Å². The van der Waals surface area contributed by atoms with Gasteiger partial charge in [0.1, 0.15) is 0 Å². The molecule has 5 rings (SSSR count). The molecule has 0 radical (unpaired) electrons. The van der Waals surface area contributed by atoms with Gasteiger partial charge in [0.05, 0.1) is 23.1 Å². The number of carbonyl (C=O) groups is 1. The highest BCUT2D eigenvalue weighted by Crippen LogP contribution is 2.69. The van der Waals surface area contributed by atoms with Crippen LogP contribution < -0.4 is 0 Å². The summed E-state index contributed by atoms with van der Waals surface area (Å²) in [4.78, 5) is 18.0. The van der Waals surface area contributed by atoms with Crippen LogP contribution in [-0.2, 0) is 25.0 Å². The first kappa shape index (κ1) is 22.3. The van der Waals surface area contributed by atoms with Crippen LogP contribution in [0, 0.1) is 25.2 Å². The van der Waals surface area contributed by atoms with Crippen LogP contribution in [0.5, 0.6) is 0 Å². The van der Waals surface area contributed by atoms with Crippen molar-refractivity contribution in [3.63, 3.8) is 0 Å². The SMILES string of the molecule is CCOC(=O)[C@H]1C[C@@]12CN(S(=O)(=O)c1ccc(C)cc1)CCC[C@@]21C=Nc2ccc(C)cc21. The predicted octanol–water partition coefficient (Wildman–Crippen LogP) is 4.31. The predicted molar refractivity (Wildman–Crippen MR) is 127 cm³/mol.